The van der Waals surface area contributed by atoms with Crippen molar-refractivity contribution in [3.05, 3.63) is 0 Å². The summed E-state index contributed by atoms with van der Waals surface area (Å²) in [5, 5.41) is 6.69. The number of alkyl halides is 1. The van der Waals surface area contributed by atoms with Crippen molar-refractivity contribution >= 4 is 28.6 Å². The Labute approximate surface area is 68.9 Å². The lowest BCUT2D eigenvalue weighted by Crippen LogP contribution is -2.03. The second-order valence-corrected chi connectivity index (χ2v) is 3.96. The Morgan fingerprint density at radius 2 is 2.20 bits per heavy atom. The van der Waals surface area contributed by atoms with E-state index in [0.717, 1.165) is 6.42 Å². The van der Waals surface area contributed by atoms with E-state index in [9.17, 15) is 4.21 Å². The number of rotatable bonds is 6. The second kappa shape index (κ2) is 7.22. The van der Waals surface area contributed by atoms with Gasteiger partial charge in [0.25, 0.3) is 0 Å². The zero-order valence-electron chi connectivity index (χ0n) is 5.81. The van der Waals surface area contributed by atoms with Crippen LogP contribution in [0.5, 0.6) is 0 Å². The van der Waals surface area contributed by atoms with Crippen LogP contribution in [0.3, 0.4) is 0 Å². The molecule has 0 aromatic rings. The minimum atomic E-state index is -0.755. The summed E-state index contributed by atoms with van der Waals surface area (Å²) >= 11 is 5.40. The first-order chi connectivity index (χ1) is 4.81. The molecule has 0 fully saturated rings. The van der Waals surface area contributed by atoms with Crippen molar-refractivity contribution in [3.8, 4) is 0 Å². The highest BCUT2D eigenvalue weighted by Crippen LogP contribution is 1.91. The summed E-state index contributed by atoms with van der Waals surface area (Å²) < 4.78 is 10.9. The number of nitrogens with one attached hydrogen (secondary N) is 1. The molecular formula is C6H12ClNOS. The first kappa shape index (κ1) is 10.1. The topological polar surface area (TPSA) is 40.9 Å². The lowest BCUT2D eigenvalue weighted by Gasteiger charge is -1.95. The first-order valence-electron chi connectivity index (χ1n) is 3.21. The van der Waals surface area contributed by atoms with Gasteiger partial charge in [-0.3, -0.25) is 4.21 Å². The van der Waals surface area contributed by atoms with E-state index in [1.54, 1.807) is 0 Å². The highest BCUT2D eigenvalue weighted by Gasteiger charge is 1.96. The molecule has 0 rings (SSSR count). The highest BCUT2D eigenvalue weighted by molar-refractivity contribution is 7.84. The second-order valence-electron chi connectivity index (χ2n) is 1.88. The largest absolute Gasteiger partial charge is 0.313 e. The van der Waals surface area contributed by atoms with Gasteiger partial charge in [0.1, 0.15) is 0 Å². The van der Waals surface area contributed by atoms with Gasteiger partial charge in [-0.2, -0.15) is 0 Å². The van der Waals surface area contributed by atoms with Crippen molar-refractivity contribution in [3.63, 3.8) is 0 Å². The van der Waals surface area contributed by atoms with Gasteiger partial charge in [-0.1, -0.05) is 0 Å². The standard InChI is InChI=1S/C6H12ClNOS/c7-3-1-5-10(9)6-2-4-8/h4,8H,1-3,5-6H2. The van der Waals surface area contributed by atoms with Crippen molar-refractivity contribution in [2.45, 2.75) is 12.8 Å². The Kier molecular flexibility index (Phi) is 7.30. The first-order valence-corrected chi connectivity index (χ1v) is 5.23. The third kappa shape index (κ3) is 6.23. The summed E-state index contributed by atoms with van der Waals surface area (Å²) in [5.41, 5.74) is 0. The summed E-state index contributed by atoms with van der Waals surface area (Å²) in [4.78, 5) is 0. The SMILES string of the molecule is N=CCCS(=O)CCCCl. The molecule has 0 saturated heterocycles. The molecule has 1 N–H and O–H groups in total. The maximum Gasteiger partial charge on any atom is 0.0284 e. The normalized spacial score (nSPS) is 12.9. The molecule has 0 aliphatic rings. The third-order valence-electron chi connectivity index (χ3n) is 0.995. The molecule has 0 aliphatic carbocycles. The molecule has 0 aromatic heterocycles. The minimum Gasteiger partial charge on any atom is -0.313 e. The Balaban J connectivity index is 3.16. The summed E-state index contributed by atoms with van der Waals surface area (Å²) in [6.45, 7) is 0. The van der Waals surface area contributed by atoms with Crippen molar-refractivity contribution in [2.24, 2.45) is 0 Å². The van der Waals surface area contributed by atoms with Crippen LogP contribution in [0.15, 0.2) is 0 Å². The molecule has 0 spiro atoms. The molecule has 0 amide bonds. The van der Waals surface area contributed by atoms with Crippen LogP contribution >= 0.6 is 11.6 Å². The van der Waals surface area contributed by atoms with Crippen molar-refractivity contribution < 1.29 is 4.21 Å². The molecule has 0 aliphatic heterocycles. The fourth-order valence-corrected chi connectivity index (χ4v) is 1.85. The molecule has 0 heterocycles. The average molecular weight is 182 g/mol. The van der Waals surface area contributed by atoms with Crippen LogP contribution in [-0.4, -0.2) is 27.8 Å². The van der Waals surface area contributed by atoms with Crippen LogP contribution < -0.4 is 0 Å². The lowest BCUT2D eigenvalue weighted by molar-refractivity contribution is 0.682. The van der Waals surface area contributed by atoms with E-state index in [-0.39, 0.29) is 0 Å². The van der Waals surface area contributed by atoms with E-state index in [1.807, 2.05) is 0 Å². The average Bonchev–Trinajstić information content (AvgIpc) is 1.97. The van der Waals surface area contributed by atoms with Gasteiger partial charge in [0.05, 0.1) is 0 Å². The Morgan fingerprint density at radius 1 is 1.50 bits per heavy atom. The van der Waals surface area contributed by atoms with Crippen LogP contribution in [-0.2, 0) is 10.8 Å². The summed E-state index contributed by atoms with van der Waals surface area (Å²) in [5.74, 6) is 1.87. The van der Waals surface area contributed by atoms with Gasteiger partial charge < -0.3 is 5.41 Å². The van der Waals surface area contributed by atoms with E-state index in [2.05, 4.69) is 0 Å². The Bertz CT molecular complexity index is 118. The lowest BCUT2D eigenvalue weighted by atomic mass is 10.5. The minimum absolute atomic E-state index is 0.580. The van der Waals surface area contributed by atoms with Gasteiger partial charge in [0.2, 0.25) is 0 Å². The summed E-state index contributed by atoms with van der Waals surface area (Å²) in [6, 6.07) is 0. The summed E-state index contributed by atoms with van der Waals surface area (Å²) in [7, 11) is -0.755. The van der Waals surface area contributed by atoms with Crippen LogP contribution in [0.25, 0.3) is 0 Å². The van der Waals surface area contributed by atoms with E-state index in [4.69, 9.17) is 17.0 Å². The van der Waals surface area contributed by atoms with E-state index in [1.165, 1.54) is 6.21 Å². The van der Waals surface area contributed by atoms with Gasteiger partial charge in [0, 0.05) is 28.2 Å². The molecule has 10 heavy (non-hydrogen) atoms. The van der Waals surface area contributed by atoms with E-state index in [0.29, 0.717) is 23.8 Å². The maximum atomic E-state index is 10.9. The monoisotopic (exact) mass is 181 g/mol. The smallest absolute Gasteiger partial charge is 0.0284 e. The van der Waals surface area contributed by atoms with Gasteiger partial charge in [0.15, 0.2) is 0 Å². The Morgan fingerprint density at radius 3 is 2.70 bits per heavy atom. The van der Waals surface area contributed by atoms with Crippen molar-refractivity contribution in [1.82, 2.24) is 0 Å². The predicted molar refractivity (Wildman–Crippen MR) is 46.6 cm³/mol. The van der Waals surface area contributed by atoms with Gasteiger partial charge >= 0.3 is 0 Å². The van der Waals surface area contributed by atoms with E-state index < -0.39 is 10.8 Å². The van der Waals surface area contributed by atoms with Gasteiger partial charge in [-0.25, -0.2) is 0 Å². The molecule has 1 atom stereocenters. The Hall–Kier alpha value is 0.110. The number of hydrogen-bond acceptors (Lipinski definition) is 2. The third-order valence-corrected chi connectivity index (χ3v) is 2.70. The molecule has 0 radical (unpaired) electrons. The molecule has 1 unspecified atom stereocenters. The molecule has 0 aromatic carbocycles. The maximum absolute atomic E-state index is 10.9. The number of halogens is 1. The molecule has 0 saturated carbocycles. The predicted octanol–water partition coefficient (Wildman–Crippen LogP) is 1.40. The zero-order valence-corrected chi connectivity index (χ0v) is 7.38. The number of hydrogen-bond donors (Lipinski definition) is 1. The zero-order chi connectivity index (χ0) is 7.82. The van der Waals surface area contributed by atoms with Crippen molar-refractivity contribution in [2.75, 3.05) is 17.4 Å². The van der Waals surface area contributed by atoms with Crippen LogP contribution in [0.1, 0.15) is 12.8 Å². The fraction of sp³-hybridized carbons (Fsp3) is 0.833. The molecule has 60 valence electrons. The highest BCUT2D eigenvalue weighted by atomic mass is 35.5. The van der Waals surface area contributed by atoms with Gasteiger partial charge in [-0.15, -0.1) is 11.6 Å². The quantitative estimate of drug-likeness (QED) is 0.489. The van der Waals surface area contributed by atoms with Gasteiger partial charge in [-0.05, 0) is 19.1 Å². The fourth-order valence-electron chi connectivity index (χ4n) is 0.508. The summed E-state index contributed by atoms with van der Waals surface area (Å²) in [6.07, 6.45) is 2.72. The van der Waals surface area contributed by atoms with Crippen LogP contribution in [0, 0.1) is 5.41 Å². The van der Waals surface area contributed by atoms with E-state index >= 15 is 0 Å². The van der Waals surface area contributed by atoms with Crippen molar-refractivity contribution in [1.29, 1.82) is 5.41 Å². The molecule has 2 nitrogen and oxygen atoms in total. The van der Waals surface area contributed by atoms with Crippen LogP contribution in [0.4, 0.5) is 0 Å². The molecule has 4 heteroatoms. The molecule has 0 bridgehead atoms. The van der Waals surface area contributed by atoms with Crippen LogP contribution in [0.2, 0.25) is 0 Å². The molecular weight excluding hydrogens is 170 g/mol.